The molecule has 1 unspecified atom stereocenters. The average Bonchev–Trinajstić information content (AvgIpc) is 3.22. The zero-order valence-corrected chi connectivity index (χ0v) is 24.5. The van der Waals surface area contributed by atoms with Gasteiger partial charge in [-0.2, -0.15) is 13.2 Å². The minimum absolute atomic E-state index is 0.0269. The second kappa shape index (κ2) is 12.1. The molecule has 0 saturated carbocycles. The number of fused-ring (bicyclic) bond motifs is 2. The summed E-state index contributed by atoms with van der Waals surface area (Å²) in [6.45, 7) is 3.87. The molecule has 2 aromatic heterocycles. The number of nitrogens with zero attached hydrogens (tertiary/aromatic N) is 4. The van der Waals surface area contributed by atoms with E-state index >= 15 is 0 Å². The number of hydrogen-bond donors (Lipinski definition) is 1. The Bertz CT molecular complexity index is 1770. The van der Waals surface area contributed by atoms with E-state index in [1.807, 2.05) is 4.57 Å². The van der Waals surface area contributed by atoms with Gasteiger partial charge in [0.05, 0.1) is 28.5 Å². The lowest BCUT2D eigenvalue weighted by molar-refractivity contribution is -0.141. The first-order valence-corrected chi connectivity index (χ1v) is 14.9. The van der Waals surface area contributed by atoms with Crippen LogP contribution in [0.3, 0.4) is 0 Å². The van der Waals surface area contributed by atoms with Gasteiger partial charge in [0.25, 0.3) is 5.56 Å². The summed E-state index contributed by atoms with van der Waals surface area (Å²) in [5, 5.41) is 2.66. The first-order chi connectivity index (χ1) is 19.6. The maximum absolute atomic E-state index is 13.3. The van der Waals surface area contributed by atoms with Gasteiger partial charge in [0.15, 0.2) is 0 Å². The van der Waals surface area contributed by atoms with Crippen LogP contribution in [0.15, 0.2) is 52.1 Å². The molecule has 0 saturated heterocycles. The van der Waals surface area contributed by atoms with Gasteiger partial charge in [-0.3, -0.25) is 18.1 Å². The topological polar surface area (TPSA) is 117 Å². The number of halogens is 3. The summed E-state index contributed by atoms with van der Waals surface area (Å²) in [5.74, 6) is 0.782. The number of benzene rings is 2. The van der Waals surface area contributed by atoms with E-state index in [1.54, 1.807) is 51.3 Å². The molecule has 4 rings (SSSR count). The van der Waals surface area contributed by atoms with E-state index < -0.39 is 46.5 Å². The third-order valence-corrected chi connectivity index (χ3v) is 7.17. The summed E-state index contributed by atoms with van der Waals surface area (Å²) in [6.07, 6.45) is -3.25. The van der Waals surface area contributed by atoms with Crippen molar-refractivity contribution in [1.29, 1.82) is 0 Å². The van der Waals surface area contributed by atoms with Crippen molar-refractivity contribution < 1.29 is 26.9 Å². The SMILES string of the molecule is CS(=O)CCCn1c(Cn2c(=O)n(CC(F)(F)F)c(=O)c3ccccc32)nc2cc(CNC(=O)OC(C)(C)C)ccc21. The minimum Gasteiger partial charge on any atom is -0.444 e. The van der Waals surface area contributed by atoms with Gasteiger partial charge in [-0.15, -0.1) is 0 Å². The maximum Gasteiger partial charge on any atom is 0.407 e. The molecule has 0 aliphatic heterocycles. The van der Waals surface area contributed by atoms with E-state index in [0.717, 1.165) is 10.1 Å². The number of aromatic nitrogens is 4. The summed E-state index contributed by atoms with van der Waals surface area (Å²) in [6, 6.07) is 11.3. The fourth-order valence-electron chi connectivity index (χ4n) is 4.60. The van der Waals surface area contributed by atoms with Crippen molar-refractivity contribution in [3.05, 3.63) is 74.7 Å². The molecule has 0 spiro atoms. The van der Waals surface area contributed by atoms with Crippen molar-refractivity contribution in [1.82, 2.24) is 24.0 Å². The third kappa shape index (κ3) is 7.46. The molecule has 42 heavy (non-hydrogen) atoms. The van der Waals surface area contributed by atoms with E-state index in [1.165, 1.54) is 18.2 Å². The van der Waals surface area contributed by atoms with Crippen LogP contribution in [-0.2, 0) is 41.7 Å². The zero-order valence-electron chi connectivity index (χ0n) is 23.7. The van der Waals surface area contributed by atoms with Crippen LogP contribution < -0.4 is 16.6 Å². The molecule has 4 aromatic rings. The molecule has 0 aliphatic rings. The van der Waals surface area contributed by atoms with Crippen molar-refractivity contribution in [2.45, 2.75) is 65.1 Å². The van der Waals surface area contributed by atoms with Crippen LogP contribution in [0.25, 0.3) is 21.9 Å². The molecule has 0 radical (unpaired) electrons. The van der Waals surface area contributed by atoms with Gasteiger partial charge in [0, 0.05) is 35.9 Å². The number of imidazole rings is 1. The van der Waals surface area contributed by atoms with E-state index in [9.17, 15) is 31.8 Å². The molecule has 226 valence electrons. The number of carbonyl (C=O) groups excluding carboxylic acids is 1. The molecule has 0 bridgehead atoms. The van der Waals surface area contributed by atoms with Crippen LogP contribution in [0.4, 0.5) is 18.0 Å². The van der Waals surface area contributed by atoms with Gasteiger partial charge < -0.3 is 14.6 Å². The Balaban J connectivity index is 1.78. The van der Waals surface area contributed by atoms with Crippen LogP contribution in [0.2, 0.25) is 0 Å². The maximum atomic E-state index is 13.3. The number of para-hydroxylation sites is 1. The minimum atomic E-state index is -4.78. The molecule has 14 heteroatoms. The number of rotatable bonds is 9. The van der Waals surface area contributed by atoms with E-state index in [2.05, 4.69) is 5.32 Å². The predicted molar refractivity (Wildman–Crippen MR) is 154 cm³/mol. The fraction of sp³-hybridized carbons (Fsp3) is 0.429. The molecular formula is C28H32F3N5O5S. The molecule has 2 aromatic carbocycles. The Morgan fingerprint density at radius 3 is 2.40 bits per heavy atom. The molecular weight excluding hydrogens is 575 g/mol. The Labute approximate surface area is 241 Å². The second-order valence-corrected chi connectivity index (χ2v) is 12.4. The zero-order chi connectivity index (χ0) is 30.8. The van der Waals surface area contributed by atoms with Crippen molar-refractivity contribution in [2.75, 3.05) is 12.0 Å². The van der Waals surface area contributed by atoms with E-state index in [0.29, 0.717) is 35.6 Å². The lowest BCUT2D eigenvalue weighted by Crippen LogP contribution is -2.43. The number of alkyl carbamates (subject to hydrolysis) is 1. The monoisotopic (exact) mass is 607 g/mol. The number of aryl methyl sites for hydroxylation is 1. The highest BCUT2D eigenvalue weighted by molar-refractivity contribution is 7.84. The molecule has 1 amide bonds. The van der Waals surface area contributed by atoms with Gasteiger partial charge >= 0.3 is 18.0 Å². The predicted octanol–water partition coefficient (Wildman–Crippen LogP) is 3.92. The highest BCUT2D eigenvalue weighted by Gasteiger charge is 2.31. The lowest BCUT2D eigenvalue weighted by Gasteiger charge is -2.19. The van der Waals surface area contributed by atoms with Crippen molar-refractivity contribution in [3.8, 4) is 0 Å². The summed E-state index contributed by atoms with van der Waals surface area (Å²) < 4.78 is 60.1. The summed E-state index contributed by atoms with van der Waals surface area (Å²) >= 11 is 0. The Morgan fingerprint density at radius 1 is 1.02 bits per heavy atom. The smallest absolute Gasteiger partial charge is 0.407 e. The van der Waals surface area contributed by atoms with Crippen molar-refractivity contribution >= 4 is 38.8 Å². The van der Waals surface area contributed by atoms with Crippen LogP contribution >= 0.6 is 0 Å². The summed E-state index contributed by atoms with van der Waals surface area (Å²) in [7, 11) is -1.05. The van der Waals surface area contributed by atoms with E-state index in [4.69, 9.17) is 9.72 Å². The third-order valence-electron chi connectivity index (χ3n) is 6.31. The molecule has 10 nitrogen and oxygen atoms in total. The molecule has 1 N–H and O–H groups in total. The highest BCUT2D eigenvalue weighted by Crippen LogP contribution is 2.21. The van der Waals surface area contributed by atoms with Gasteiger partial charge in [-0.25, -0.2) is 14.6 Å². The van der Waals surface area contributed by atoms with Crippen LogP contribution in [0, 0.1) is 0 Å². The van der Waals surface area contributed by atoms with Gasteiger partial charge in [-0.1, -0.05) is 18.2 Å². The first kappa shape index (κ1) is 31.0. The molecule has 2 heterocycles. The van der Waals surface area contributed by atoms with Gasteiger partial charge in [0.1, 0.15) is 18.0 Å². The summed E-state index contributed by atoms with van der Waals surface area (Å²) in [4.78, 5) is 42.9. The largest absolute Gasteiger partial charge is 0.444 e. The number of alkyl halides is 3. The number of amides is 1. The Morgan fingerprint density at radius 2 is 1.74 bits per heavy atom. The number of ether oxygens (including phenoxy) is 1. The first-order valence-electron chi connectivity index (χ1n) is 13.2. The quantitative estimate of drug-likeness (QED) is 0.308. The number of nitrogens with one attached hydrogen (secondary N) is 1. The van der Waals surface area contributed by atoms with Gasteiger partial charge in [-0.05, 0) is 57.0 Å². The number of hydrogen-bond acceptors (Lipinski definition) is 6. The standard InChI is InChI=1S/C28H32F3N5O5S/c1-27(2,3)41-25(38)32-15-18-10-11-22-20(14-18)33-23(34(22)12-7-13-42(4)40)16-35-21-9-6-5-8-19(21)24(37)36(26(35)39)17-28(29,30)31/h5-6,8-11,14H,7,12-13,15-17H2,1-4H3,(H,32,38). The molecule has 0 fully saturated rings. The molecule has 1 atom stereocenters. The van der Waals surface area contributed by atoms with E-state index in [-0.39, 0.29) is 28.6 Å². The lowest BCUT2D eigenvalue weighted by atomic mass is 10.2. The number of carbonyl (C=O) groups is 1. The van der Waals surface area contributed by atoms with Crippen LogP contribution in [0.1, 0.15) is 38.6 Å². The van der Waals surface area contributed by atoms with Gasteiger partial charge in [0.2, 0.25) is 0 Å². The van der Waals surface area contributed by atoms with Crippen molar-refractivity contribution in [3.63, 3.8) is 0 Å². The normalized spacial score (nSPS) is 13.0. The highest BCUT2D eigenvalue weighted by atomic mass is 32.2. The van der Waals surface area contributed by atoms with Crippen molar-refractivity contribution in [2.24, 2.45) is 0 Å². The Kier molecular flexibility index (Phi) is 8.95. The Hall–Kier alpha value is -3.94. The fourth-order valence-corrected chi connectivity index (χ4v) is 5.14. The second-order valence-electron chi connectivity index (χ2n) is 10.9. The van der Waals surface area contributed by atoms with Crippen LogP contribution in [-0.4, -0.2) is 52.8 Å². The van der Waals surface area contributed by atoms with Crippen LogP contribution in [0.5, 0.6) is 0 Å². The average molecular weight is 608 g/mol. The molecule has 0 aliphatic carbocycles. The summed E-state index contributed by atoms with van der Waals surface area (Å²) in [5.41, 5.74) is -0.658.